The minimum absolute atomic E-state index is 0.0134. The van der Waals surface area contributed by atoms with Crippen molar-refractivity contribution < 1.29 is 23.8 Å². The fraction of sp³-hybridized carbons (Fsp3) is 0.769. The van der Waals surface area contributed by atoms with Gasteiger partial charge in [-0.25, -0.2) is 4.79 Å². The van der Waals surface area contributed by atoms with Gasteiger partial charge in [0.25, 0.3) is 0 Å². The lowest BCUT2D eigenvalue weighted by atomic mass is 9.42. The summed E-state index contributed by atoms with van der Waals surface area (Å²) in [5, 5.41) is 11.9. The molecule has 1 aliphatic heterocycles. The number of epoxide rings is 1. The zero-order chi connectivity index (χ0) is 22.5. The summed E-state index contributed by atoms with van der Waals surface area (Å²) in [6.45, 7) is 6.12. The molecule has 1 aromatic rings. The maximum atomic E-state index is 11.9. The average Bonchev–Trinajstić information content (AvgIpc) is 3.39. The summed E-state index contributed by atoms with van der Waals surface area (Å²) in [4.78, 5) is 23.0. The smallest absolute Gasteiger partial charge is 0.335 e. The number of hydrogen-bond acceptors (Lipinski definition) is 6. The quantitative estimate of drug-likeness (QED) is 0.551. The molecule has 0 radical (unpaired) electrons. The lowest BCUT2D eigenvalue weighted by Crippen LogP contribution is -2.65. The van der Waals surface area contributed by atoms with Crippen molar-refractivity contribution in [3.63, 3.8) is 0 Å². The predicted octanol–water partition coefficient (Wildman–Crippen LogP) is 3.94. The molecule has 6 heteroatoms. The molecule has 32 heavy (non-hydrogen) atoms. The van der Waals surface area contributed by atoms with E-state index in [1.807, 2.05) is 6.07 Å². The van der Waals surface area contributed by atoms with Crippen molar-refractivity contribution in [3.8, 4) is 0 Å². The van der Waals surface area contributed by atoms with Crippen LogP contribution in [0.2, 0.25) is 0 Å². The molecule has 5 aliphatic rings. The van der Waals surface area contributed by atoms with Gasteiger partial charge in [0.05, 0.1) is 18.0 Å². The van der Waals surface area contributed by atoms with Crippen LogP contribution in [0.1, 0.15) is 83.6 Å². The minimum Gasteiger partial charge on any atom is -0.462 e. The molecule has 6 nitrogen and oxygen atoms in total. The van der Waals surface area contributed by atoms with Crippen LogP contribution in [-0.2, 0) is 14.3 Å². The molecule has 6 rings (SSSR count). The van der Waals surface area contributed by atoms with Crippen molar-refractivity contribution in [2.75, 3.05) is 0 Å². The summed E-state index contributed by atoms with van der Waals surface area (Å²) >= 11 is 0. The average molecular weight is 443 g/mol. The molecular formula is C26H34O6. The van der Waals surface area contributed by atoms with Gasteiger partial charge in [-0.05, 0) is 79.7 Å². The van der Waals surface area contributed by atoms with E-state index in [1.165, 1.54) is 13.0 Å². The van der Waals surface area contributed by atoms with E-state index in [0.29, 0.717) is 24.2 Å². The van der Waals surface area contributed by atoms with Gasteiger partial charge in [-0.15, -0.1) is 0 Å². The summed E-state index contributed by atoms with van der Waals surface area (Å²) < 4.78 is 17.3. The first-order valence-corrected chi connectivity index (χ1v) is 12.3. The Hall–Kier alpha value is -1.66. The van der Waals surface area contributed by atoms with Crippen molar-refractivity contribution in [2.24, 2.45) is 22.7 Å². The Morgan fingerprint density at radius 2 is 1.84 bits per heavy atom. The number of carbonyl (C=O) groups excluding carboxylic acids is 1. The van der Waals surface area contributed by atoms with Crippen LogP contribution in [-0.4, -0.2) is 34.5 Å². The van der Waals surface area contributed by atoms with Gasteiger partial charge in [0.2, 0.25) is 0 Å². The van der Waals surface area contributed by atoms with Crippen molar-refractivity contribution in [1.29, 1.82) is 0 Å². The van der Waals surface area contributed by atoms with Gasteiger partial charge < -0.3 is 19.0 Å². The van der Waals surface area contributed by atoms with E-state index < -0.39 is 5.60 Å². The van der Waals surface area contributed by atoms with Gasteiger partial charge in [-0.3, -0.25) is 4.79 Å². The summed E-state index contributed by atoms with van der Waals surface area (Å²) in [6, 6.07) is 3.47. The Labute approximate surface area is 188 Å². The van der Waals surface area contributed by atoms with E-state index in [4.69, 9.17) is 13.9 Å². The highest BCUT2D eigenvalue weighted by Crippen LogP contribution is 2.78. The Kier molecular flexibility index (Phi) is 4.23. The van der Waals surface area contributed by atoms with Crippen LogP contribution < -0.4 is 5.63 Å². The van der Waals surface area contributed by atoms with Crippen LogP contribution >= 0.6 is 0 Å². The number of aliphatic hydroxyl groups is 1. The van der Waals surface area contributed by atoms with E-state index in [1.54, 1.807) is 6.26 Å². The molecule has 5 fully saturated rings. The van der Waals surface area contributed by atoms with Crippen molar-refractivity contribution in [3.05, 3.63) is 34.4 Å². The van der Waals surface area contributed by atoms with Crippen molar-refractivity contribution in [1.82, 2.24) is 0 Å². The number of carbonyl (C=O) groups is 1. The van der Waals surface area contributed by atoms with Crippen molar-refractivity contribution in [2.45, 2.75) is 101 Å². The number of rotatable bonds is 2. The third-order valence-electron chi connectivity index (χ3n) is 10.6. The predicted molar refractivity (Wildman–Crippen MR) is 116 cm³/mol. The molecular weight excluding hydrogens is 408 g/mol. The number of ether oxygens (including phenoxy) is 2. The Bertz CT molecular complexity index is 997. The summed E-state index contributed by atoms with van der Waals surface area (Å²) in [5.74, 6) is 0.915. The van der Waals surface area contributed by atoms with E-state index in [0.717, 1.165) is 50.5 Å². The van der Waals surface area contributed by atoms with Gasteiger partial charge in [0, 0.05) is 24.8 Å². The fourth-order valence-electron chi connectivity index (χ4n) is 9.05. The molecule has 4 aliphatic carbocycles. The van der Waals surface area contributed by atoms with E-state index in [2.05, 4.69) is 13.8 Å². The van der Waals surface area contributed by atoms with Gasteiger partial charge in [0.1, 0.15) is 11.7 Å². The van der Waals surface area contributed by atoms with E-state index in [9.17, 15) is 14.7 Å². The van der Waals surface area contributed by atoms with E-state index in [-0.39, 0.29) is 40.2 Å². The largest absolute Gasteiger partial charge is 0.462 e. The minimum atomic E-state index is -0.790. The Balaban J connectivity index is 1.31. The normalized spacial score (nSPS) is 51.1. The fourth-order valence-corrected chi connectivity index (χ4v) is 9.05. The molecule has 1 N–H and O–H groups in total. The second-order valence-electron chi connectivity index (χ2n) is 11.7. The van der Waals surface area contributed by atoms with Crippen molar-refractivity contribution >= 4 is 5.97 Å². The Morgan fingerprint density at radius 1 is 1.09 bits per heavy atom. The standard InChI is InChI=1S/C26H34O6/c1-15(27)31-17-6-9-23(2)18-7-10-24(3)20(16-4-5-22(28)30-14-16)12-21-26(24,32-21)19(18)8-11-25(23,29)13-17/h4-5,14,17-21,29H,6-13H2,1-3H3/t17-,18-,19+,20+,21+,23+,24+,25-,26-/m0/s1. The third-order valence-corrected chi connectivity index (χ3v) is 10.6. The second kappa shape index (κ2) is 6.47. The molecule has 0 bridgehead atoms. The highest BCUT2D eigenvalue weighted by Gasteiger charge is 2.81. The zero-order valence-corrected chi connectivity index (χ0v) is 19.3. The topological polar surface area (TPSA) is 89.3 Å². The number of hydrogen-bond donors (Lipinski definition) is 1. The van der Waals surface area contributed by atoms with Gasteiger partial charge in [0.15, 0.2) is 0 Å². The van der Waals surface area contributed by atoms with Gasteiger partial charge in [-0.1, -0.05) is 13.8 Å². The molecule has 0 aromatic carbocycles. The van der Waals surface area contributed by atoms with Crippen LogP contribution in [0.5, 0.6) is 0 Å². The summed E-state index contributed by atoms with van der Waals surface area (Å²) in [5.41, 5.74) is -0.284. The second-order valence-corrected chi connectivity index (χ2v) is 11.7. The molecule has 1 spiro atoms. The molecule has 0 unspecified atom stereocenters. The van der Waals surface area contributed by atoms with Crippen LogP contribution in [0.4, 0.5) is 0 Å². The maximum Gasteiger partial charge on any atom is 0.335 e. The third kappa shape index (κ3) is 2.48. The molecule has 0 amide bonds. The van der Waals surface area contributed by atoms with Crippen LogP contribution in [0.15, 0.2) is 27.6 Å². The highest BCUT2D eigenvalue weighted by molar-refractivity contribution is 5.66. The monoisotopic (exact) mass is 442 g/mol. The molecule has 4 saturated carbocycles. The first-order chi connectivity index (χ1) is 15.1. The lowest BCUT2D eigenvalue weighted by Gasteiger charge is -2.64. The first kappa shape index (κ1) is 20.9. The zero-order valence-electron chi connectivity index (χ0n) is 19.3. The lowest BCUT2D eigenvalue weighted by molar-refractivity contribution is -0.227. The first-order valence-electron chi connectivity index (χ1n) is 12.3. The molecule has 1 saturated heterocycles. The molecule has 174 valence electrons. The summed E-state index contributed by atoms with van der Waals surface area (Å²) in [7, 11) is 0. The van der Waals surface area contributed by atoms with Crippen LogP contribution in [0, 0.1) is 22.7 Å². The number of esters is 1. The van der Waals surface area contributed by atoms with Gasteiger partial charge >= 0.3 is 11.6 Å². The highest BCUT2D eigenvalue weighted by atomic mass is 16.6. The SMILES string of the molecule is CC(=O)O[C@H]1CC[C@]2(C)[C@H]3CC[C@]4(C)[C@@H](c5ccc(=O)oc5)C[C@H]5O[C@@]54[C@@H]3CC[C@]2(O)C1. The molecule has 2 heterocycles. The summed E-state index contributed by atoms with van der Waals surface area (Å²) in [6.07, 6.45) is 8.77. The van der Waals surface area contributed by atoms with E-state index >= 15 is 0 Å². The Morgan fingerprint density at radius 3 is 2.56 bits per heavy atom. The maximum absolute atomic E-state index is 11.9. The molecule has 9 atom stereocenters. The van der Waals surface area contributed by atoms with Gasteiger partial charge in [-0.2, -0.15) is 0 Å². The van der Waals surface area contributed by atoms with Crippen LogP contribution in [0.25, 0.3) is 0 Å². The van der Waals surface area contributed by atoms with Crippen LogP contribution in [0.3, 0.4) is 0 Å². The molecule has 1 aromatic heterocycles. The number of fused-ring (bicyclic) bond motifs is 3.